The van der Waals surface area contributed by atoms with Crippen molar-refractivity contribution in [3.05, 3.63) is 35.4 Å². The van der Waals surface area contributed by atoms with E-state index in [0.29, 0.717) is 18.5 Å². The maximum atomic E-state index is 12.2. The van der Waals surface area contributed by atoms with Gasteiger partial charge in [-0.2, -0.15) is 4.31 Å². The summed E-state index contributed by atoms with van der Waals surface area (Å²) < 4.78 is 25.7. The molecule has 0 aliphatic rings. The fraction of sp³-hybridized carbons (Fsp3) is 0.462. The monoisotopic (exact) mass is 301 g/mol. The predicted molar refractivity (Wildman–Crippen MR) is 75.0 cm³/mol. The van der Waals surface area contributed by atoms with Crippen molar-refractivity contribution in [3.63, 3.8) is 0 Å². The van der Waals surface area contributed by atoms with E-state index in [-0.39, 0.29) is 24.5 Å². The number of hydrogen-bond acceptors (Lipinski definition) is 4. The predicted octanol–water partition coefficient (Wildman–Crippen LogP) is 0.919. The summed E-state index contributed by atoms with van der Waals surface area (Å²) >= 11 is 0. The van der Waals surface area contributed by atoms with Crippen molar-refractivity contribution >= 4 is 16.0 Å². The number of nitrogens with zero attached hydrogens (tertiary/aromatic N) is 1. The Hall–Kier alpha value is -1.44. The highest BCUT2D eigenvalue weighted by atomic mass is 32.2. The van der Waals surface area contributed by atoms with Crippen molar-refractivity contribution in [3.8, 4) is 0 Å². The molecule has 0 unspecified atom stereocenters. The second-order valence-corrected chi connectivity index (χ2v) is 6.35. The van der Waals surface area contributed by atoms with Crippen molar-refractivity contribution in [2.75, 3.05) is 19.7 Å². The van der Waals surface area contributed by atoms with Crippen LogP contribution in [0.3, 0.4) is 0 Å². The standard InChI is InChI=1S/C13H19NO5S/c1-2-6-14(7-8-15)20(18,19)10-11-4-3-5-12(9-11)13(16)17/h3-5,9,15H,2,6-8,10H2,1H3,(H,16,17). The quantitative estimate of drug-likeness (QED) is 0.744. The third-order valence-corrected chi connectivity index (χ3v) is 4.59. The fourth-order valence-electron chi connectivity index (χ4n) is 1.85. The Kier molecular flexibility index (Phi) is 6.12. The number of carboxylic acids is 1. The van der Waals surface area contributed by atoms with Gasteiger partial charge in [0.1, 0.15) is 0 Å². The van der Waals surface area contributed by atoms with E-state index in [9.17, 15) is 13.2 Å². The minimum absolute atomic E-state index is 0.0504. The van der Waals surface area contributed by atoms with Crippen molar-refractivity contribution in [1.29, 1.82) is 0 Å². The summed E-state index contributed by atoms with van der Waals surface area (Å²) in [4.78, 5) is 10.9. The van der Waals surface area contributed by atoms with E-state index in [0.717, 1.165) is 0 Å². The molecular formula is C13H19NO5S. The van der Waals surface area contributed by atoms with Crippen LogP contribution in [0, 0.1) is 0 Å². The van der Waals surface area contributed by atoms with E-state index >= 15 is 0 Å². The molecule has 6 nitrogen and oxygen atoms in total. The van der Waals surface area contributed by atoms with Gasteiger partial charge in [0.2, 0.25) is 10.0 Å². The van der Waals surface area contributed by atoms with Gasteiger partial charge >= 0.3 is 5.97 Å². The Morgan fingerprint density at radius 2 is 2.00 bits per heavy atom. The molecule has 0 radical (unpaired) electrons. The summed E-state index contributed by atoms with van der Waals surface area (Å²) in [5.74, 6) is -1.36. The van der Waals surface area contributed by atoms with Gasteiger partial charge in [0, 0.05) is 13.1 Å². The SMILES string of the molecule is CCCN(CCO)S(=O)(=O)Cc1cccc(C(=O)O)c1. The summed E-state index contributed by atoms with van der Waals surface area (Å²) in [5, 5.41) is 17.8. The molecule has 0 heterocycles. The van der Waals surface area contributed by atoms with Crippen LogP contribution in [0.5, 0.6) is 0 Å². The molecule has 0 aliphatic carbocycles. The van der Waals surface area contributed by atoms with Gasteiger partial charge in [-0.15, -0.1) is 0 Å². The molecule has 0 fully saturated rings. The molecule has 0 spiro atoms. The number of aliphatic hydroxyl groups excluding tert-OH is 1. The van der Waals surface area contributed by atoms with Gasteiger partial charge in [-0.3, -0.25) is 0 Å². The molecule has 2 N–H and O–H groups in total. The number of benzene rings is 1. The fourth-order valence-corrected chi connectivity index (χ4v) is 3.45. The van der Waals surface area contributed by atoms with Gasteiger partial charge in [0.15, 0.2) is 0 Å². The van der Waals surface area contributed by atoms with E-state index in [1.807, 2.05) is 6.92 Å². The molecule has 112 valence electrons. The van der Waals surface area contributed by atoms with E-state index in [1.165, 1.54) is 22.5 Å². The maximum Gasteiger partial charge on any atom is 0.335 e. The molecular weight excluding hydrogens is 282 g/mol. The van der Waals surface area contributed by atoms with Gasteiger partial charge in [0.05, 0.1) is 17.9 Å². The Balaban J connectivity index is 2.94. The molecule has 0 saturated heterocycles. The molecule has 7 heteroatoms. The van der Waals surface area contributed by atoms with Gasteiger partial charge in [0.25, 0.3) is 0 Å². The zero-order valence-electron chi connectivity index (χ0n) is 11.3. The Labute approximate surface area is 118 Å². The highest BCUT2D eigenvalue weighted by Gasteiger charge is 2.21. The first-order chi connectivity index (χ1) is 9.40. The van der Waals surface area contributed by atoms with Crippen LogP contribution in [0.2, 0.25) is 0 Å². The van der Waals surface area contributed by atoms with Gasteiger partial charge in [-0.25, -0.2) is 13.2 Å². The zero-order valence-corrected chi connectivity index (χ0v) is 12.1. The second kappa shape index (κ2) is 7.37. The number of carbonyl (C=O) groups is 1. The molecule has 1 aromatic carbocycles. The molecule has 0 atom stereocenters. The largest absolute Gasteiger partial charge is 0.478 e. The smallest absolute Gasteiger partial charge is 0.335 e. The summed E-state index contributed by atoms with van der Waals surface area (Å²) in [7, 11) is -3.56. The van der Waals surface area contributed by atoms with Crippen molar-refractivity contribution < 1.29 is 23.4 Å². The van der Waals surface area contributed by atoms with Crippen LogP contribution in [0.4, 0.5) is 0 Å². The Morgan fingerprint density at radius 1 is 1.30 bits per heavy atom. The first-order valence-corrected chi connectivity index (χ1v) is 7.92. The molecule has 0 aliphatic heterocycles. The molecule has 1 rings (SSSR count). The van der Waals surface area contributed by atoms with Crippen LogP contribution in [-0.2, 0) is 15.8 Å². The van der Waals surface area contributed by atoms with Crippen LogP contribution in [0.1, 0.15) is 29.3 Å². The minimum Gasteiger partial charge on any atom is -0.478 e. The molecule has 20 heavy (non-hydrogen) atoms. The number of aromatic carboxylic acids is 1. The van der Waals surface area contributed by atoms with Crippen LogP contribution in [0.25, 0.3) is 0 Å². The average molecular weight is 301 g/mol. The summed E-state index contributed by atoms with van der Waals surface area (Å²) in [6, 6.07) is 5.86. The third kappa shape index (κ3) is 4.59. The maximum absolute atomic E-state index is 12.2. The molecule has 0 saturated carbocycles. The van der Waals surface area contributed by atoms with Crippen LogP contribution in [0.15, 0.2) is 24.3 Å². The van der Waals surface area contributed by atoms with E-state index in [2.05, 4.69) is 0 Å². The number of carboxylic acid groups (broad SMARTS) is 1. The van der Waals surface area contributed by atoms with E-state index in [4.69, 9.17) is 10.2 Å². The van der Waals surface area contributed by atoms with Crippen LogP contribution >= 0.6 is 0 Å². The normalized spacial score (nSPS) is 11.8. The number of hydrogen-bond donors (Lipinski definition) is 2. The lowest BCUT2D eigenvalue weighted by molar-refractivity contribution is 0.0696. The summed E-state index contributed by atoms with van der Waals surface area (Å²) in [6.07, 6.45) is 0.647. The zero-order chi connectivity index (χ0) is 15.2. The summed E-state index contributed by atoms with van der Waals surface area (Å²) in [6.45, 7) is 2.00. The summed E-state index contributed by atoms with van der Waals surface area (Å²) in [5.41, 5.74) is 0.478. The topological polar surface area (TPSA) is 94.9 Å². The molecule has 0 aromatic heterocycles. The number of sulfonamides is 1. The molecule has 0 amide bonds. The van der Waals surface area contributed by atoms with Crippen LogP contribution < -0.4 is 0 Å². The van der Waals surface area contributed by atoms with Crippen molar-refractivity contribution in [1.82, 2.24) is 4.31 Å². The third-order valence-electron chi connectivity index (χ3n) is 2.74. The Morgan fingerprint density at radius 3 is 2.55 bits per heavy atom. The highest BCUT2D eigenvalue weighted by molar-refractivity contribution is 7.88. The highest BCUT2D eigenvalue weighted by Crippen LogP contribution is 2.13. The first kappa shape index (κ1) is 16.6. The Bertz CT molecular complexity index is 550. The number of aliphatic hydroxyl groups is 1. The lowest BCUT2D eigenvalue weighted by Gasteiger charge is -2.20. The lowest BCUT2D eigenvalue weighted by atomic mass is 10.1. The first-order valence-electron chi connectivity index (χ1n) is 6.31. The van der Waals surface area contributed by atoms with E-state index in [1.54, 1.807) is 6.07 Å². The van der Waals surface area contributed by atoms with Gasteiger partial charge < -0.3 is 10.2 Å². The second-order valence-electron chi connectivity index (χ2n) is 4.38. The molecule has 1 aromatic rings. The van der Waals surface area contributed by atoms with E-state index < -0.39 is 16.0 Å². The van der Waals surface area contributed by atoms with Crippen molar-refractivity contribution in [2.45, 2.75) is 19.1 Å². The minimum atomic E-state index is -3.56. The molecule has 0 bridgehead atoms. The van der Waals surface area contributed by atoms with Gasteiger partial charge in [-0.05, 0) is 24.1 Å². The van der Waals surface area contributed by atoms with Crippen molar-refractivity contribution in [2.24, 2.45) is 0 Å². The number of rotatable bonds is 8. The van der Waals surface area contributed by atoms with Gasteiger partial charge in [-0.1, -0.05) is 19.1 Å². The lowest BCUT2D eigenvalue weighted by Crippen LogP contribution is -2.35. The van der Waals surface area contributed by atoms with Crippen LogP contribution in [-0.4, -0.2) is 48.6 Å². The average Bonchev–Trinajstić information content (AvgIpc) is 2.38.